The van der Waals surface area contributed by atoms with Crippen molar-refractivity contribution in [2.45, 2.75) is 19.8 Å². The summed E-state index contributed by atoms with van der Waals surface area (Å²) in [5, 5.41) is 13.3. The lowest BCUT2D eigenvalue weighted by atomic mass is 9.98. The first-order valence-corrected chi connectivity index (χ1v) is 8.28. The average Bonchev–Trinajstić information content (AvgIpc) is 3.04. The Morgan fingerprint density at radius 2 is 2.36 bits per heavy atom. The van der Waals surface area contributed by atoms with Gasteiger partial charge in [-0.15, -0.1) is 10.2 Å². The van der Waals surface area contributed by atoms with Crippen molar-refractivity contribution in [3.63, 3.8) is 0 Å². The summed E-state index contributed by atoms with van der Waals surface area (Å²) in [6.45, 7) is 4.20. The third-order valence-electron chi connectivity index (χ3n) is 3.73. The normalized spacial score (nSPS) is 18.2. The van der Waals surface area contributed by atoms with Crippen LogP contribution in [0.25, 0.3) is 10.7 Å². The molecule has 2 aromatic rings. The molecule has 1 atom stereocenters. The number of piperidine rings is 1. The fraction of sp³-hybridized carbons (Fsp3) is 0.467. The molecule has 6 nitrogen and oxygen atoms in total. The lowest BCUT2D eigenvalue weighted by molar-refractivity contribution is -0.119. The second-order valence-corrected chi connectivity index (χ2v) is 6.45. The fourth-order valence-corrected chi connectivity index (χ4v) is 3.49. The summed E-state index contributed by atoms with van der Waals surface area (Å²) < 4.78 is 0. The predicted octanol–water partition coefficient (Wildman–Crippen LogP) is 1.95. The summed E-state index contributed by atoms with van der Waals surface area (Å²) in [5.41, 5.74) is 0.859. The van der Waals surface area contributed by atoms with Crippen LogP contribution < -0.4 is 10.2 Å². The quantitative estimate of drug-likeness (QED) is 0.933. The summed E-state index contributed by atoms with van der Waals surface area (Å²) >= 11 is 1.57. The van der Waals surface area contributed by atoms with Gasteiger partial charge >= 0.3 is 0 Å². The van der Waals surface area contributed by atoms with Crippen molar-refractivity contribution in [2.24, 2.45) is 5.92 Å². The summed E-state index contributed by atoms with van der Waals surface area (Å²) in [6.07, 6.45) is 4.02. The molecule has 7 heteroatoms. The lowest BCUT2D eigenvalue weighted by Gasteiger charge is -2.32. The third kappa shape index (κ3) is 3.59. The van der Waals surface area contributed by atoms with Gasteiger partial charge < -0.3 is 10.2 Å². The van der Waals surface area contributed by atoms with E-state index in [1.54, 1.807) is 24.5 Å². The Morgan fingerprint density at radius 3 is 3.14 bits per heavy atom. The van der Waals surface area contributed by atoms with Gasteiger partial charge in [0.2, 0.25) is 11.0 Å². The van der Waals surface area contributed by atoms with E-state index in [1.807, 2.05) is 18.2 Å². The molecule has 1 unspecified atom stereocenters. The molecule has 1 aliphatic rings. The zero-order valence-corrected chi connectivity index (χ0v) is 13.3. The largest absolute Gasteiger partial charge is 0.356 e. The van der Waals surface area contributed by atoms with Crippen molar-refractivity contribution < 1.29 is 4.79 Å². The number of nitrogens with zero attached hydrogens (tertiary/aromatic N) is 4. The van der Waals surface area contributed by atoms with E-state index in [9.17, 15) is 4.79 Å². The molecule has 1 saturated heterocycles. The molecule has 1 aliphatic heterocycles. The number of anilines is 1. The Kier molecular flexibility index (Phi) is 4.62. The van der Waals surface area contributed by atoms with Crippen LogP contribution in [0.3, 0.4) is 0 Å². The van der Waals surface area contributed by atoms with Gasteiger partial charge in [-0.2, -0.15) is 0 Å². The first-order valence-electron chi connectivity index (χ1n) is 7.46. The molecule has 0 bridgehead atoms. The highest BCUT2D eigenvalue weighted by molar-refractivity contribution is 7.18. The number of aromatic nitrogens is 3. The molecule has 3 rings (SSSR count). The average molecular weight is 317 g/mol. The van der Waals surface area contributed by atoms with E-state index < -0.39 is 0 Å². The molecule has 0 spiro atoms. The van der Waals surface area contributed by atoms with Crippen LogP contribution in [-0.4, -0.2) is 40.7 Å². The number of pyridine rings is 1. The Labute approximate surface area is 133 Å². The highest BCUT2D eigenvalue weighted by Gasteiger charge is 2.23. The first kappa shape index (κ1) is 14.9. The van der Waals surface area contributed by atoms with E-state index >= 15 is 0 Å². The molecule has 0 radical (unpaired) electrons. The van der Waals surface area contributed by atoms with Crippen molar-refractivity contribution in [1.29, 1.82) is 0 Å². The summed E-state index contributed by atoms with van der Waals surface area (Å²) in [7, 11) is 0. The van der Waals surface area contributed by atoms with Crippen molar-refractivity contribution in [2.75, 3.05) is 24.5 Å². The topological polar surface area (TPSA) is 71.0 Å². The van der Waals surface area contributed by atoms with E-state index in [0.29, 0.717) is 5.92 Å². The summed E-state index contributed by atoms with van der Waals surface area (Å²) in [5.74, 6) is 0.505. The van der Waals surface area contributed by atoms with E-state index in [1.165, 1.54) is 0 Å². The minimum Gasteiger partial charge on any atom is -0.356 e. The Balaban J connectivity index is 1.66. The predicted molar refractivity (Wildman–Crippen MR) is 86.8 cm³/mol. The van der Waals surface area contributed by atoms with Crippen LogP contribution in [0.15, 0.2) is 24.4 Å². The van der Waals surface area contributed by atoms with E-state index in [0.717, 1.165) is 48.3 Å². The molecule has 1 amide bonds. The molecule has 0 aromatic carbocycles. The molecule has 2 aromatic heterocycles. The van der Waals surface area contributed by atoms with Crippen LogP contribution in [0.2, 0.25) is 0 Å². The number of amides is 1. The zero-order chi connectivity index (χ0) is 15.4. The number of hydrogen-bond acceptors (Lipinski definition) is 6. The Hall–Kier alpha value is -2.02. The van der Waals surface area contributed by atoms with Gasteiger partial charge in [0.25, 0.3) is 0 Å². The van der Waals surface area contributed by atoms with Crippen LogP contribution in [-0.2, 0) is 4.79 Å². The van der Waals surface area contributed by atoms with Crippen molar-refractivity contribution in [1.82, 2.24) is 20.5 Å². The van der Waals surface area contributed by atoms with Gasteiger partial charge in [0, 0.05) is 32.8 Å². The third-order valence-corrected chi connectivity index (χ3v) is 4.73. The van der Waals surface area contributed by atoms with Crippen LogP contribution >= 0.6 is 11.3 Å². The van der Waals surface area contributed by atoms with Gasteiger partial charge in [-0.3, -0.25) is 9.78 Å². The molecule has 116 valence electrons. The van der Waals surface area contributed by atoms with Crippen molar-refractivity contribution in [3.8, 4) is 10.7 Å². The number of rotatable bonds is 4. The van der Waals surface area contributed by atoms with Gasteiger partial charge in [-0.1, -0.05) is 17.4 Å². The molecule has 0 saturated carbocycles. The fourth-order valence-electron chi connectivity index (χ4n) is 2.63. The smallest absolute Gasteiger partial charge is 0.216 e. The number of nitrogens with one attached hydrogen (secondary N) is 1. The SMILES string of the molecule is CC(=O)NCC1CCCN(c2nnc(-c3ccccn3)s2)C1. The molecule has 3 heterocycles. The van der Waals surface area contributed by atoms with Gasteiger partial charge in [-0.25, -0.2) is 0 Å². The van der Waals surface area contributed by atoms with E-state index in [4.69, 9.17) is 0 Å². The van der Waals surface area contributed by atoms with E-state index in [-0.39, 0.29) is 5.91 Å². The molecule has 0 aliphatic carbocycles. The van der Waals surface area contributed by atoms with Crippen LogP contribution in [0.5, 0.6) is 0 Å². The van der Waals surface area contributed by atoms with Gasteiger partial charge in [0.05, 0.1) is 0 Å². The first-order chi connectivity index (χ1) is 10.7. The molecule has 1 fully saturated rings. The minimum atomic E-state index is 0.0328. The lowest BCUT2D eigenvalue weighted by Crippen LogP contribution is -2.40. The van der Waals surface area contributed by atoms with Crippen molar-refractivity contribution in [3.05, 3.63) is 24.4 Å². The van der Waals surface area contributed by atoms with Crippen LogP contribution in [0.1, 0.15) is 19.8 Å². The highest BCUT2D eigenvalue weighted by Crippen LogP contribution is 2.30. The van der Waals surface area contributed by atoms with Crippen LogP contribution in [0, 0.1) is 5.92 Å². The molecular formula is C15H19N5OS. The zero-order valence-electron chi connectivity index (χ0n) is 12.5. The maximum atomic E-state index is 11.0. The Bertz CT molecular complexity index is 630. The second kappa shape index (κ2) is 6.83. The standard InChI is InChI=1S/C15H19N5OS/c1-11(21)17-9-12-5-4-8-20(10-12)15-19-18-14(22-15)13-6-2-3-7-16-13/h2-3,6-7,12H,4-5,8-10H2,1H3,(H,17,21). The minimum absolute atomic E-state index is 0.0328. The number of carbonyl (C=O) groups excluding carboxylic acids is 1. The highest BCUT2D eigenvalue weighted by atomic mass is 32.1. The molecule has 22 heavy (non-hydrogen) atoms. The summed E-state index contributed by atoms with van der Waals surface area (Å²) in [4.78, 5) is 17.6. The molecular weight excluding hydrogens is 298 g/mol. The molecule has 1 N–H and O–H groups in total. The Morgan fingerprint density at radius 1 is 1.45 bits per heavy atom. The van der Waals surface area contributed by atoms with Crippen molar-refractivity contribution >= 4 is 22.4 Å². The van der Waals surface area contributed by atoms with Gasteiger partial charge in [0.1, 0.15) is 5.69 Å². The number of carbonyl (C=O) groups is 1. The second-order valence-electron chi connectivity index (χ2n) is 5.50. The summed E-state index contributed by atoms with van der Waals surface area (Å²) in [6, 6.07) is 5.79. The van der Waals surface area contributed by atoms with Gasteiger partial charge in [0.15, 0.2) is 5.01 Å². The van der Waals surface area contributed by atoms with Crippen LogP contribution in [0.4, 0.5) is 5.13 Å². The maximum absolute atomic E-state index is 11.0. The van der Waals surface area contributed by atoms with E-state index in [2.05, 4.69) is 25.4 Å². The number of hydrogen-bond donors (Lipinski definition) is 1. The maximum Gasteiger partial charge on any atom is 0.216 e. The van der Waals surface area contributed by atoms with Gasteiger partial charge in [-0.05, 0) is 30.9 Å². The monoisotopic (exact) mass is 317 g/mol.